The van der Waals surface area contributed by atoms with Gasteiger partial charge in [-0.1, -0.05) is 5.92 Å². The van der Waals surface area contributed by atoms with Crippen LogP contribution in [0.5, 0.6) is 5.75 Å². The van der Waals surface area contributed by atoms with Crippen molar-refractivity contribution in [3.05, 3.63) is 29.8 Å². The molecule has 0 aliphatic carbocycles. The third-order valence-electron chi connectivity index (χ3n) is 2.89. The summed E-state index contributed by atoms with van der Waals surface area (Å²) >= 11 is 0. The Kier molecular flexibility index (Phi) is 4.29. The summed E-state index contributed by atoms with van der Waals surface area (Å²) in [6.07, 6.45) is 6.07. The molecule has 5 heteroatoms. The summed E-state index contributed by atoms with van der Waals surface area (Å²) in [5, 5.41) is 4.31. The number of carbonyl (C=O) groups excluding carboxylic acids is 1. The van der Waals surface area contributed by atoms with Crippen molar-refractivity contribution in [3.63, 3.8) is 0 Å². The van der Waals surface area contributed by atoms with Crippen molar-refractivity contribution < 1.29 is 9.53 Å². The van der Waals surface area contributed by atoms with Crippen LogP contribution in [0.1, 0.15) is 24.2 Å². The van der Waals surface area contributed by atoms with Crippen LogP contribution in [0.2, 0.25) is 0 Å². The van der Waals surface area contributed by atoms with Crippen molar-refractivity contribution >= 4 is 12.1 Å². The van der Waals surface area contributed by atoms with Crippen LogP contribution in [-0.2, 0) is 6.54 Å². The molecule has 21 heavy (non-hydrogen) atoms. The lowest BCUT2D eigenvalue weighted by Crippen LogP contribution is -2.05. The zero-order chi connectivity index (χ0) is 15.4. The van der Waals surface area contributed by atoms with E-state index in [9.17, 15) is 4.79 Å². The SMILES string of the molecule is C#CCn1nc(-c2ccc(OC(C)C)cc2)c(C=O)c1N. The minimum absolute atomic E-state index is 0.104. The molecular formula is C16H17N3O2. The molecule has 1 aromatic carbocycles. The largest absolute Gasteiger partial charge is 0.491 e. The van der Waals surface area contributed by atoms with E-state index in [-0.39, 0.29) is 18.5 Å². The molecule has 0 radical (unpaired) electrons. The minimum atomic E-state index is 0.104. The molecule has 0 unspecified atom stereocenters. The summed E-state index contributed by atoms with van der Waals surface area (Å²) in [4.78, 5) is 11.2. The normalized spacial score (nSPS) is 10.4. The van der Waals surface area contributed by atoms with Crippen molar-refractivity contribution in [1.29, 1.82) is 0 Å². The van der Waals surface area contributed by atoms with Gasteiger partial charge in [0, 0.05) is 5.56 Å². The number of nitrogens with zero attached hydrogens (tertiary/aromatic N) is 2. The minimum Gasteiger partial charge on any atom is -0.491 e. The molecule has 2 aromatic rings. The van der Waals surface area contributed by atoms with Gasteiger partial charge in [0.2, 0.25) is 0 Å². The Balaban J connectivity index is 2.39. The molecule has 108 valence electrons. The van der Waals surface area contributed by atoms with Gasteiger partial charge in [0.05, 0.1) is 11.7 Å². The van der Waals surface area contributed by atoms with Gasteiger partial charge < -0.3 is 10.5 Å². The Hall–Kier alpha value is -2.74. The molecule has 5 nitrogen and oxygen atoms in total. The lowest BCUT2D eigenvalue weighted by molar-refractivity contribution is 0.112. The molecule has 0 spiro atoms. The number of benzene rings is 1. The van der Waals surface area contributed by atoms with Crippen LogP contribution < -0.4 is 10.5 Å². The van der Waals surface area contributed by atoms with E-state index < -0.39 is 0 Å². The number of ether oxygens (including phenoxy) is 1. The van der Waals surface area contributed by atoms with Crippen LogP contribution in [0.3, 0.4) is 0 Å². The molecule has 0 fully saturated rings. The van der Waals surface area contributed by atoms with Gasteiger partial charge in [-0.15, -0.1) is 6.42 Å². The van der Waals surface area contributed by atoms with Crippen molar-refractivity contribution in [1.82, 2.24) is 9.78 Å². The Morgan fingerprint density at radius 1 is 1.43 bits per heavy atom. The van der Waals surface area contributed by atoms with Gasteiger partial charge >= 0.3 is 0 Å². The lowest BCUT2D eigenvalue weighted by Gasteiger charge is -2.09. The van der Waals surface area contributed by atoms with Crippen LogP contribution >= 0.6 is 0 Å². The molecular weight excluding hydrogens is 266 g/mol. The Morgan fingerprint density at radius 2 is 2.10 bits per heavy atom. The van der Waals surface area contributed by atoms with E-state index in [0.717, 1.165) is 11.3 Å². The number of aromatic nitrogens is 2. The number of hydrogen-bond donors (Lipinski definition) is 1. The number of nitrogen functional groups attached to an aromatic ring is 1. The van der Waals surface area contributed by atoms with E-state index in [4.69, 9.17) is 16.9 Å². The maximum atomic E-state index is 11.2. The van der Waals surface area contributed by atoms with E-state index >= 15 is 0 Å². The first-order valence-electron chi connectivity index (χ1n) is 6.58. The smallest absolute Gasteiger partial charge is 0.156 e. The van der Waals surface area contributed by atoms with E-state index in [1.807, 2.05) is 38.1 Å². The van der Waals surface area contributed by atoms with E-state index in [1.54, 1.807) is 0 Å². The van der Waals surface area contributed by atoms with Crippen LogP contribution in [0.15, 0.2) is 24.3 Å². The molecule has 1 heterocycles. The number of hydrogen-bond acceptors (Lipinski definition) is 4. The predicted molar refractivity (Wildman–Crippen MR) is 82.1 cm³/mol. The molecule has 0 saturated carbocycles. The van der Waals surface area contributed by atoms with Crippen LogP contribution in [0, 0.1) is 12.3 Å². The fraction of sp³-hybridized carbons (Fsp3) is 0.250. The summed E-state index contributed by atoms with van der Waals surface area (Å²) in [7, 11) is 0. The van der Waals surface area contributed by atoms with Crippen LogP contribution in [-0.4, -0.2) is 22.2 Å². The summed E-state index contributed by atoms with van der Waals surface area (Å²) in [5.74, 6) is 3.50. The fourth-order valence-electron chi connectivity index (χ4n) is 1.99. The lowest BCUT2D eigenvalue weighted by atomic mass is 10.1. The highest BCUT2D eigenvalue weighted by Crippen LogP contribution is 2.27. The van der Waals surface area contributed by atoms with Crippen LogP contribution in [0.25, 0.3) is 11.3 Å². The maximum Gasteiger partial charge on any atom is 0.156 e. The number of anilines is 1. The van der Waals surface area contributed by atoms with Crippen LogP contribution in [0.4, 0.5) is 5.82 Å². The van der Waals surface area contributed by atoms with Gasteiger partial charge in [-0.05, 0) is 38.1 Å². The summed E-state index contributed by atoms with van der Waals surface area (Å²) in [6, 6.07) is 7.35. The molecule has 0 saturated heterocycles. The molecule has 2 rings (SSSR count). The Labute approximate surface area is 123 Å². The van der Waals surface area contributed by atoms with Gasteiger partial charge in [-0.3, -0.25) is 4.79 Å². The molecule has 0 amide bonds. The Morgan fingerprint density at radius 3 is 2.62 bits per heavy atom. The summed E-state index contributed by atoms with van der Waals surface area (Å²) < 4.78 is 7.02. The van der Waals surface area contributed by atoms with Gasteiger partial charge in [-0.25, -0.2) is 4.68 Å². The standard InChI is InChI=1S/C16H17N3O2/c1-4-9-19-16(17)14(10-20)15(18-19)12-5-7-13(8-6-12)21-11(2)3/h1,5-8,10-11H,9,17H2,2-3H3. The maximum absolute atomic E-state index is 11.2. The van der Waals surface area contributed by atoms with E-state index in [2.05, 4.69) is 11.0 Å². The van der Waals surface area contributed by atoms with Gasteiger partial charge in [0.25, 0.3) is 0 Å². The molecule has 1 aromatic heterocycles. The first kappa shape index (κ1) is 14.7. The number of carbonyl (C=O) groups is 1. The highest BCUT2D eigenvalue weighted by atomic mass is 16.5. The van der Waals surface area contributed by atoms with Crippen molar-refractivity contribution in [2.75, 3.05) is 5.73 Å². The quantitative estimate of drug-likeness (QED) is 0.675. The molecule has 0 atom stereocenters. The predicted octanol–water partition coefficient (Wildman–Crippen LogP) is 2.37. The number of terminal acetylenes is 1. The number of nitrogens with two attached hydrogens (primary N) is 1. The average molecular weight is 283 g/mol. The van der Waals surface area contributed by atoms with Crippen molar-refractivity contribution in [2.45, 2.75) is 26.5 Å². The molecule has 0 aliphatic rings. The summed E-state index contributed by atoms with van der Waals surface area (Å²) in [6.45, 7) is 4.14. The second-order valence-electron chi connectivity index (χ2n) is 4.82. The van der Waals surface area contributed by atoms with E-state index in [0.29, 0.717) is 17.5 Å². The van der Waals surface area contributed by atoms with Gasteiger partial charge in [0.1, 0.15) is 23.8 Å². The number of aldehydes is 1. The molecule has 0 aliphatic heterocycles. The highest BCUT2D eigenvalue weighted by molar-refractivity contribution is 5.91. The molecule has 0 bridgehead atoms. The second kappa shape index (κ2) is 6.14. The number of rotatable bonds is 5. The Bertz CT molecular complexity index is 679. The zero-order valence-corrected chi connectivity index (χ0v) is 12.0. The fourth-order valence-corrected chi connectivity index (χ4v) is 1.99. The van der Waals surface area contributed by atoms with Crippen molar-refractivity contribution in [3.8, 4) is 29.4 Å². The second-order valence-corrected chi connectivity index (χ2v) is 4.82. The van der Waals surface area contributed by atoms with Gasteiger partial charge in [-0.2, -0.15) is 5.10 Å². The monoisotopic (exact) mass is 283 g/mol. The van der Waals surface area contributed by atoms with E-state index in [1.165, 1.54) is 4.68 Å². The third-order valence-corrected chi connectivity index (χ3v) is 2.89. The van der Waals surface area contributed by atoms with Crippen molar-refractivity contribution in [2.24, 2.45) is 0 Å². The van der Waals surface area contributed by atoms with Gasteiger partial charge in [0.15, 0.2) is 6.29 Å². The topological polar surface area (TPSA) is 70.1 Å². The first-order chi connectivity index (χ1) is 10.1. The molecule has 2 N–H and O–H groups in total. The average Bonchev–Trinajstić information content (AvgIpc) is 2.76. The zero-order valence-electron chi connectivity index (χ0n) is 12.0. The highest BCUT2D eigenvalue weighted by Gasteiger charge is 2.16. The summed E-state index contributed by atoms with van der Waals surface area (Å²) in [5.41, 5.74) is 7.54. The third kappa shape index (κ3) is 3.06. The first-order valence-corrected chi connectivity index (χ1v) is 6.58.